The zero-order valence-electron chi connectivity index (χ0n) is 7.36. The van der Waals surface area contributed by atoms with Gasteiger partial charge in [-0.25, -0.2) is 0 Å². The molecule has 0 unspecified atom stereocenters. The fraction of sp³-hybridized carbons (Fsp3) is 0.300. The first kappa shape index (κ1) is 8.69. The Balaban J connectivity index is 3.06. The lowest BCUT2D eigenvalue weighted by atomic mass is 10.0. The first-order valence-corrected chi connectivity index (χ1v) is 4.03. The lowest BCUT2D eigenvalue weighted by Gasteiger charge is -1.97. The molecule has 0 aliphatic heterocycles. The molecule has 0 atom stereocenters. The van der Waals surface area contributed by atoms with Crippen molar-refractivity contribution in [3.8, 4) is 0 Å². The van der Waals surface area contributed by atoms with E-state index in [9.17, 15) is 0 Å². The van der Waals surface area contributed by atoms with Crippen molar-refractivity contribution < 1.29 is 4.79 Å². The Hall–Kier alpha value is -1.40. The van der Waals surface area contributed by atoms with Gasteiger partial charge in [-0.2, -0.15) is 4.79 Å². The second kappa shape index (κ2) is 3.84. The zero-order chi connectivity index (χ0) is 8.97. The molecule has 2 heteroatoms. The van der Waals surface area contributed by atoms with Crippen LogP contribution < -0.4 is 0 Å². The SMILES string of the molecule is CC(C)C(=[N+]=[N-])c1ccccc1. The van der Waals surface area contributed by atoms with Crippen LogP contribution in [0.4, 0.5) is 0 Å². The van der Waals surface area contributed by atoms with E-state index >= 15 is 0 Å². The highest BCUT2D eigenvalue weighted by molar-refractivity contribution is 5.97. The van der Waals surface area contributed by atoms with Crippen LogP contribution in [0.2, 0.25) is 0 Å². The molecule has 0 saturated carbocycles. The van der Waals surface area contributed by atoms with E-state index < -0.39 is 0 Å². The maximum Gasteiger partial charge on any atom is 0.301 e. The van der Waals surface area contributed by atoms with Crippen LogP contribution in [0.3, 0.4) is 0 Å². The Morgan fingerprint density at radius 3 is 2.25 bits per heavy atom. The molecule has 0 saturated heterocycles. The van der Waals surface area contributed by atoms with Gasteiger partial charge in [-0.1, -0.05) is 32.0 Å². The first-order chi connectivity index (χ1) is 5.75. The van der Waals surface area contributed by atoms with E-state index in [-0.39, 0.29) is 5.92 Å². The summed E-state index contributed by atoms with van der Waals surface area (Å²) in [7, 11) is 0. The molecule has 0 aromatic heterocycles. The largest absolute Gasteiger partial charge is 0.361 e. The molecule has 0 aliphatic rings. The molecule has 2 nitrogen and oxygen atoms in total. The highest BCUT2D eigenvalue weighted by Gasteiger charge is 2.15. The fourth-order valence-corrected chi connectivity index (χ4v) is 1.12. The van der Waals surface area contributed by atoms with Crippen LogP contribution in [0.1, 0.15) is 19.4 Å². The van der Waals surface area contributed by atoms with Gasteiger partial charge in [0, 0.05) is 0 Å². The van der Waals surface area contributed by atoms with Crippen molar-refractivity contribution in [2.45, 2.75) is 13.8 Å². The van der Waals surface area contributed by atoms with Crippen LogP contribution in [-0.4, -0.2) is 10.5 Å². The molecule has 0 amide bonds. The van der Waals surface area contributed by atoms with Crippen LogP contribution in [0.15, 0.2) is 30.3 Å². The molecule has 1 aromatic carbocycles. The summed E-state index contributed by atoms with van der Waals surface area (Å²) < 4.78 is 0. The van der Waals surface area contributed by atoms with Gasteiger partial charge in [0.1, 0.15) is 0 Å². The second-order valence-electron chi connectivity index (χ2n) is 3.01. The molecule has 0 radical (unpaired) electrons. The summed E-state index contributed by atoms with van der Waals surface area (Å²) in [5.74, 6) is 0.248. The van der Waals surface area contributed by atoms with Crippen molar-refractivity contribution in [2.75, 3.05) is 0 Å². The van der Waals surface area contributed by atoms with E-state index in [0.29, 0.717) is 0 Å². The molecule has 1 aromatic rings. The van der Waals surface area contributed by atoms with Gasteiger partial charge >= 0.3 is 5.71 Å². The summed E-state index contributed by atoms with van der Waals surface area (Å²) in [6.45, 7) is 4.00. The van der Waals surface area contributed by atoms with Crippen LogP contribution in [0, 0.1) is 5.92 Å². The normalized spacial score (nSPS) is 9.58. The minimum atomic E-state index is 0.248. The predicted molar refractivity (Wildman–Crippen MR) is 49.0 cm³/mol. The number of hydrogen-bond acceptors (Lipinski definition) is 0. The summed E-state index contributed by atoms with van der Waals surface area (Å²) in [5, 5.41) is 0. The molecular formula is C10H12N2. The van der Waals surface area contributed by atoms with Gasteiger partial charge in [0.2, 0.25) is 0 Å². The fourth-order valence-electron chi connectivity index (χ4n) is 1.12. The number of nitrogens with zero attached hydrogens (tertiary/aromatic N) is 2. The molecule has 0 bridgehead atoms. The Kier molecular flexibility index (Phi) is 2.78. The average Bonchev–Trinajstić information content (AvgIpc) is 2.07. The molecule has 12 heavy (non-hydrogen) atoms. The lowest BCUT2D eigenvalue weighted by molar-refractivity contribution is -0.0101. The van der Waals surface area contributed by atoms with Crippen molar-refractivity contribution in [3.63, 3.8) is 0 Å². The molecule has 0 heterocycles. The third-order valence-corrected chi connectivity index (χ3v) is 1.72. The summed E-state index contributed by atoms with van der Waals surface area (Å²) >= 11 is 0. The average molecular weight is 160 g/mol. The maximum absolute atomic E-state index is 8.74. The Labute approximate surface area is 72.5 Å². The predicted octanol–water partition coefficient (Wildman–Crippen LogP) is 2.36. The van der Waals surface area contributed by atoms with E-state index in [1.165, 1.54) is 0 Å². The van der Waals surface area contributed by atoms with Gasteiger partial charge in [0.25, 0.3) is 0 Å². The van der Waals surface area contributed by atoms with Crippen molar-refractivity contribution in [2.24, 2.45) is 5.92 Å². The van der Waals surface area contributed by atoms with Crippen molar-refractivity contribution in [1.82, 2.24) is 0 Å². The summed E-state index contributed by atoms with van der Waals surface area (Å²) in [6, 6.07) is 9.69. The maximum atomic E-state index is 8.74. The van der Waals surface area contributed by atoms with Crippen LogP contribution >= 0.6 is 0 Å². The molecular weight excluding hydrogens is 148 g/mol. The number of rotatable bonds is 2. The minimum absolute atomic E-state index is 0.248. The Bertz CT molecular complexity index is 295. The van der Waals surface area contributed by atoms with Crippen LogP contribution in [0.25, 0.3) is 5.53 Å². The Morgan fingerprint density at radius 1 is 1.25 bits per heavy atom. The quantitative estimate of drug-likeness (QED) is 0.362. The molecule has 1 rings (SSSR count). The molecule has 62 valence electrons. The summed E-state index contributed by atoms with van der Waals surface area (Å²) in [5.41, 5.74) is 10.5. The third-order valence-electron chi connectivity index (χ3n) is 1.72. The van der Waals surface area contributed by atoms with E-state index in [0.717, 1.165) is 11.3 Å². The van der Waals surface area contributed by atoms with Crippen molar-refractivity contribution in [1.29, 1.82) is 0 Å². The van der Waals surface area contributed by atoms with Crippen LogP contribution in [-0.2, 0) is 0 Å². The van der Waals surface area contributed by atoms with Crippen molar-refractivity contribution >= 4 is 5.71 Å². The topological polar surface area (TPSA) is 36.4 Å². The lowest BCUT2D eigenvalue weighted by Crippen LogP contribution is -2.09. The minimum Gasteiger partial charge on any atom is -0.361 e. The van der Waals surface area contributed by atoms with Crippen LogP contribution in [0.5, 0.6) is 0 Å². The van der Waals surface area contributed by atoms with E-state index in [1.807, 2.05) is 44.2 Å². The molecule has 0 N–H and O–H groups in total. The van der Waals surface area contributed by atoms with Gasteiger partial charge in [0.05, 0.1) is 11.5 Å². The molecule has 0 fully saturated rings. The van der Waals surface area contributed by atoms with Crippen molar-refractivity contribution in [3.05, 3.63) is 41.4 Å². The van der Waals surface area contributed by atoms with Gasteiger partial charge < -0.3 is 5.53 Å². The number of benzene rings is 1. The molecule has 0 spiro atoms. The van der Waals surface area contributed by atoms with E-state index in [4.69, 9.17) is 5.53 Å². The summed E-state index contributed by atoms with van der Waals surface area (Å²) in [6.07, 6.45) is 0. The number of hydrogen-bond donors (Lipinski definition) is 0. The zero-order valence-corrected chi connectivity index (χ0v) is 7.36. The highest BCUT2D eigenvalue weighted by Crippen LogP contribution is 2.06. The standard InChI is InChI=1S/C10H12N2/c1-8(2)10(12-11)9-6-4-3-5-7-9/h3-8H,1-2H3. The Morgan fingerprint density at radius 2 is 1.83 bits per heavy atom. The van der Waals surface area contributed by atoms with Gasteiger partial charge in [-0.05, 0) is 12.1 Å². The first-order valence-electron chi connectivity index (χ1n) is 4.03. The smallest absolute Gasteiger partial charge is 0.301 e. The van der Waals surface area contributed by atoms with Gasteiger partial charge in [-0.3, -0.25) is 0 Å². The van der Waals surface area contributed by atoms with E-state index in [2.05, 4.69) is 4.79 Å². The third kappa shape index (κ3) is 1.80. The molecule has 0 aliphatic carbocycles. The monoisotopic (exact) mass is 160 g/mol. The van der Waals surface area contributed by atoms with Gasteiger partial charge in [-0.15, -0.1) is 0 Å². The second-order valence-corrected chi connectivity index (χ2v) is 3.01. The van der Waals surface area contributed by atoms with E-state index in [1.54, 1.807) is 0 Å². The highest BCUT2D eigenvalue weighted by atomic mass is 14.9. The van der Waals surface area contributed by atoms with Gasteiger partial charge in [0.15, 0.2) is 0 Å². The summed E-state index contributed by atoms with van der Waals surface area (Å²) in [4.78, 5) is 3.27.